The van der Waals surface area contributed by atoms with Crippen molar-refractivity contribution in [2.24, 2.45) is 4.99 Å². The van der Waals surface area contributed by atoms with Crippen molar-refractivity contribution in [3.05, 3.63) is 0 Å². The van der Waals surface area contributed by atoms with Crippen LogP contribution in [0.4, 0.5) is 0 Å². The summed E-state index contributed by atoms with van der Waals surface area (Å²) in [4.78, 5) is 16.2. The molecule has 0 aromatic heterocycles. The number of ether oxygens (including phenoxy) is 1. The van der Waals surface area contributed by atoms with Gasteiger partial charge in [0, 0.05) is 0 Å². The summed E-state index contributed by atoms with van der Waals surface area (Å²) in [5.41, 5.74) is 0.307. The zero-order chi connectivity index (χ0) is 13.5. The van der Waals surface area contributed by atoms with E-state index in [1.54, 1.807) is 0 Å². The summed E-state index contributed by atoms with van der Waals surface area (Å²) in [6.07, 6.45) is 5.79. The van der Waals surface area contributed by atoms with Crippen LogP contribution in [-0.4, -0.2) is 43.2 Å². The number of nitrogens with zero attached hydrogens (tertiary/aromatic N) is 1. The van der Waals surface area contributed by atoms with Gasteiger partial charge in [0.15, 0.2) is 15.4 Å². The van der Waals surface area contributed by atoms with Crippen molar-refractivity contribution in [2.75, 3.05) is 11.5 Å². The molecule has 5 nitrogen and oxygen atoms in total. The predicted molar refractivity (Wildman–Crippen MR) is 71.0 cm³/mol. The molecular formula is C13H19NO4S. The monoisotopic (exact) mass is 285 g/mol. The van der Waals surface area contributed by atoms with Crippen LogP contribution < -0.4 is 0 Å². The Morgan fingerprint density at radius 2 is 1.95 bits per heavy atom. The Morgan fingerprint density at radius 1 is 1.21 bits per heavy atom. The Balaban J connectivity index is 1.83. The molecule has 1 atom stereocenters. The second-order valence-corrected chi connectivity index (χ2v) is 8.07. The Hall–Kier alpha value is -0.910. The number of sulfone groups is 1. The summed E-state index contributed by atoms with van der Waals surface area (Å²) >= 11 is 0. The first-order valence-corrected chi connectivity index (χ1v) is 8.81. The van der Waals surface area contributed by atoms with Gasteiger partial charge in [-0.05, 0) is 32.1 Å². The number of hydrogen-bond donors (Lipinski definition) is 0. The molecule has 6 heteroatoms. The number of esters is 1. The molecule has 0 bridgehead atoms. The van der Waals surface area contributed by atoms with E-state index in [0.717, 1.165) is 31.4 Å². The highest BCUT2D eigenvalue weighted by Gasteiger charge is 2.47. The molecule has 3 fully saturated rings. The summed E-state index contributed by atoms with van der Waals surface area (Å²) in [7, 11) is -2.93. The Bertz CT molecular complexity index is 517. The van der Waals surface area contributed by atoms with Crippen LogP contribution in [0.5, 0.6) is 0 Å². The first-order chi connectivity index (χ1) is 8.99. The highest BCUT2D eigenvalue weighted by Crippen LogP contribution is 2.38. The topological polar surface area (TPSA) is 72.8 Å². The van der Waals surface area contributed by atoms with Crippen LogP contribution in [0.15, 0.2) is 4.99 Å². The minimum absolute atomic E-state index is 0.126. The number of rotatable bonds is 1. The molecule has 0 N–H and O–H groups in total. The van der Waals surface area contributed by atoms with E-state index in [2.05, 4.69) is 4.99 Å². The maximum Gasteiger partial charge on any atom is 0.312 e. The van der Waals surface area contributed by atoms with E-state index in [0.29, 0.717) is 6.42 Å². The van der Waals surface area contributed by atoms with Gasteiger partial charge in [0.25, 0.3) is 0 Å². The maximum atomic E-state index is 11.6. The third kappa shape index (κ3) is 2.55. The van der Waals surface area contributed by atoms with E-state index in [9.17, 15) is 13.2 Å². The van der Waals surface area contributed by atoms with Gasteiger partial charge in [-0.15, -0.1) is 0 Å². The van der Waals surface area contributed by atoms with Crippen LogP contribution >= 0.6 is 0 Å². The molecule has 1 saturated carbocycles. The zero-order valence-corrected chi connectivity index (χ0v) is 11.7. The van der Waals surface area contributed by atoms with E-state index in [1.165, 1.54) is 6.42 Å². The lowest BCUT2D eigenvalue weighted by Crippen LogP contribution is -2.39. The highest BCUT2D eigenvalue weighted by atomic mass is 32.2. The summed E-state index contributed by atoms with van der Waals surface area (Å²) in [6, 6.07) is -0.173. The Labute approximate surface area is 113 Å². The maximum absolute atomic E-state index is 11.6. The molecule has 106 valence electrons. The molecule has 3 aliphatic rings. The van der Waals surface area contributed by atoms with Crippen LogP contribution in [0, 0.1) is 0 Å². The molecule has 0 aromatic carbocycles. The van der Waals surface area contributed by atoms with Gasteiger partial charge in [-0.3, -0.25) is 9.79 Å². The van der Waals surface area contributed by atoms with Gasteiger partial charge in [-0.2, -0.15) is 0 Å². The van der Waals surface area contributed by atoms with Gasteiger partial charge in [-0.1, -0.05) is 6.42 Å². The number of aliphatic imine (C=N–C) groups is 1. The molecule has 1 spiro atoms. The summed E-state index contributed by atoms with van der Waals surface area (Å²) < 4.78 is 28.5. The van der Waals surface area contributed by atoms with Gasteiger partial charge in [0.1, 0.15) is 0 Å². The largest absolute Gasteiger partial charge is 0.453 e. The first-order valence-electron chi connectivity index (χ1n) is 6.99. The van der Waals surface area contributed by atoms with Gasteiger partial charge >= 0.3 is 5.97 Å². The average Bonchev–Trinajstić information content (AvgIpc) is 2.82. The van der Waals surface area contributed by atoms with Crippen LogP contribution in [0.1, 0.15) is 44.9 Å². The van der Waals surface area contributed by atoms with Crippen molar-refractivity contribution in [3.8, 4) is 0 Å². The quantitative estimate of drug-likeness (QED) is 0.680. The van der Waals surface area contributed by atoms with E-state index in [-0.39, 0.29) is 29.9 Å². The van der Waals surface area contributed by atoms with Crippen molar-refractivity contribution >= 4 is 21.5 Å². The Kier molecular flexibility index (Phi) is 3.15. The van der Waals surface area contributed by atoms with Crippen LogP contribution in [0.25, 0.3) is 0 Å². The van der Waals surface area contributed by atoms with Gasteiger partial charge < -0.3 is 4.74 Å². The van der Waals surface area contributed by atoms with Gasteiger partial charge in [0.05, 0.1) is 29.7 Å². The summed E-state index contributed by atoms with van der Waals surface area (Å²) in [6.45, 7) is 0. The van der Waals surface area contributed by atoms with Crippen molar-refractivity contribution in [1.82, 2.24) is 0 Å². The molecule has 0 radical (unpaired) electrons. The predicted octanol–water partition coefficient (Wildman–Crippen LogP) is 1.26. The van der Waals surface area contributed by atoms with Gasteiger partial charge in [-0.25, -0.2) is 8.42 Å². The third-order valence-electron chi connectivity index (χ3n) is 4.35. The van der Waals surface area contributed by atoms with Crippen molar-refractivity contribution < 1.29 is 17.9 Å². The second kappa shape index (κ2) is 4.58. The van der Waals surface area contributed by atoms with E-state index in [4.69, 9.17) is 4.74 Å². The van der Waals surface area contributed by atoms with Crippen LogP contribution in [-0.2, 0) is 19.4 Å². The molecule has 0 amide bonds. The molecule has 2 heterocycles. The molecule has 2 aliphatic heterocycles. The lowest BCUT2D eigenvalue weighted by molar-refractivity contribution is -0.148. The average molecular weight is 285 g/mol. The number of carbonyl (C=O) groups excluding carboxylic acids is 1. The number of carbonyl (C=O) groups is 1. The fourth-order valence-corrected chi connectivity index (χ4v) is 5.01. The molecule has 2 saturated heterocycles. The molecular weight excluding hydrogens is 266 g/mol. The summed E-state index contributed by atoms with van der Waals surface area (Å²) in [5, 5.41) is 0. The standard InChI is InChI=1S/C13H19NO4S/c15-12-8-11(13(18-12)5-2-1-3-6-13)14-10-4-7-19(16,17)9-10/h10H,1-9H2/t10-/m0/s1. The lowest BCUT2D eigenvalue weighted by atomic mass is 9.81. The molecule has 19 heavy (non-hydrogen) atoms. The van der Waals surface area contributed by atoms with Crippen molar-refractivity contribution in [2.45, 2.75) is 56.6 Å². The number of hydrogen-bond acceptors (Lipinski definition) is 5. The van der Waals surface area contributed by atoms with Crippen LogP contribution in [0.3, 0.4) is 0 Å². The smallest absolute Gasteiger partial charge is 0.312 e. The fourth-order valence-electron chi connectivity index (χ4n) is 3.39. The third-order valence-corrected chi connectivity index (χ3v) is 6.11. The fraction of sp³-hybridized carbons (Fsp3) is 0.846. The SMILES string of the molecule is O=C1CC(=N[C@H]2CCS(=O)(=O)C2)C2(CCCCC2)O1. The van der Waals surface area contributed by atoms with Crippen molar-refractivity contribution in [3.63, 3.8) is 0 Å². The first kappa shape index (κ1) is 13.1. The highest BCUT2D eigenvalue weighted by molar-refractivity contribution is 7.91. The zero-order valence-electron chi connectivity index (χ0n) is 10.9. The molecule has 3 rings (SSSR count). The lowest BCUT2D eigenvalue weighted by Gasteiger charge is -2.32. The van der Waals surface area contributed by atoms with Crippen LogP contribution in [0.2, 0.25) is 0 Å². The minimum atomic E-state index is -2.93. The summed E-state index contributed by atoms with van der Waals surface area (Å²) in [5.74, 6) is 0.137. The molecule has 0 unspecified atom stereocenters. The van der Waals surface area contributed by atoms with E-state index in [1.807, 2.05) is 0 Å². The normalized spacial score (nSPS) is 34.8. The Morgan fingerprint density at radius 3 is 2.58 bits per heavy atom. The van der Waals surface area contributed by atoms with Gasteiger partial charge in [0.2, 0.25) is 0 Å². The second-order valence-electron chi connectivity index (χ2n) is 5.84. The minimum Gasteiger partial charge on any atom is -0.453 e. The molecule has 0 aromatic rings. The van der Waals surface area contributed by atoms with E-state index >= 15 is 0 Å². The van der Waals surface area contributed by atoms with Crippen molar-refractivity contribution in [1.29, 1.82) is 0 Å². The molecule has 1 aliphatic carbocycles. The van der Waals surface area contributed by atoms with E-state index < -0.39 is 15.4 Å².